The van der Waals surface area contributed by atoms with E-state index in [1.807, 2.05) is 0 Å². The van der Waals surface area contributed by atoms with Crippen molar-refractivity contribution in [3.63, 3.8) is 0 Å². The van der Waals surface area contributed by atoms with E-state index in [1.54, 1.807) is 0 Å². The lowest BCUT2D eigenvalue weighted by molar-refractivity contribution is -0.121. The Balaban J connectivity index is 2.85. The highest BCUT2D eigenvalue weighted by Gasteiger charge is 2.48. The van der Waals surface area contributed by atoms with Gasteiger partial charge in [0.2, 0.25) is 5.91 Å². The molecule has 4 N–H and O–H groups in total. The van der Waals surface area contributed by atoms with E-state index in [-0.39, 0.29) is 16.7 Å². The quantitative estimate of drug-likeness (QED) is 0.687. The maximum atomic E-state index is 11.0. The van der Waals surface area contributed by atoms with Gasteiger partial charge in [0, 0.05) is 6.42 Å². The van der Waals surface area contributed by atoms with Crippen LogP contribution in [0.15, 0.2) is 0 Å². The summed E-state index contributed by atoms with van der Waals surface area (Å²) in [5.41, 5.74) is 11.2. The van der Waals surface area contributed by atoms with Crippen LogP contribution in [-0.2, 0) is 4.79 Å². The number of amides is 1. The van der Waals surface area contributed by atoms with Gasteiger partial charge in [0.15, 0.2) is 0 Å². The third kappa shape index (κ3) is 1.70. The number of rotatable bonds is 3. The molecule has 0 heterocycles. The van der Waals surface area contributed by atoms with Gasteiger partial charge in [-0.2, -0.15) is 0 Å². The predicted molar refractivity (Wildman–Crippen MR) is 52.9 cm³/mol. The Labute approximate surface area is 79.9 Å². The van der Waals surface area contributed by atoms with Crippen LogP contribution in [-0.4, -0.2) is 12.5 Å². The Hall–Kier alpha value is -0.570. The van der Waals surface area contributed by atoms with Gasteiger partial charge in [-0.25, -0.2) is 0 Å². The lowest BCUT2D eigenvalue weighted by Gasteiger charge is -2.40. The Morgan fingerprint density at radius 1 is 1.38 bits per heavy atom. The first-order valence-corrected chi connectivity index (χ1v) is 4.92. The number of primary amides is 1. The molecular formula is C10H20N2O. The minimum Gasteiger partial charge on any atom is -0.370 e. The molecular weight excluding hydrogens is 164 g/mol. The molecule has 1 unspecified atom stereocenters. The Kier molecular flexibility index (Phi) is 2.66. The van der Waals surface area contributed by atoms with E-state index < -0.39 is 0 Å². The van der Waals surface area contributed by atoms with Gasteiger partial charge in [-0.1, -0.05) is 20.3 Å². The first kappa shape index (κ1) is 10.5. The van der Waals surface area contributed by atoms with E-state index in [9.17, 15) is 4.79 Å². The molecule has 1 fully saturated rings. The molecule has 1 rings (SSSR count). The number of hydrogen-bond acceptors (Lipinski definition) is 2. The van der Waals surface area contributed by atoms with Gasteiger partial charge in [0.25, 0.3) is 0 Å². The molecule has 0 spiro atoms. The summed E-state index contributed by atoms with van der Waals surface area (Å²) in [6, 6.07) is 0. The Morgan fingerprint density at radius 3 is 2.31 bits per heavy atom. The van der Waals surface area contributed by atoms with Crippen molar-refractivity contribution in [3.8, 4) is 0 Å². The highest BCUT2D eigenvalue weighted by Crippen LogP contribution is 2.53. The van der Waals surface area contributed by atoms with Crippen molar-refractivity contribution in [1.82, 2.24) is 0 Å². The second-order valence-corrected chi connectivity index (χ2v) is 4.86. The summed E-state index contributed by atoms with van der Waals surface area (Å²) in [6.45, 7) is 4.95. The van der Waals surface area contributed by atoms with Crippen LogP contribution in [0.2, 0.25) is 0 Å². The van der Waals surface area contributed by atoms with Gasteiger partial charge in [-0.05, 0) is 30.2 Å². The third-order valence-electron chi connectivity index (χ3n) is 3.80. The Bertz CT molecular complexity index is 213. The summed E-state index contributed by atoms with van der Waals surface area (Å²) in [6.07, 6.45) is 3.80. The first-order chi connectivity index (χ1) is 5.93. The van der Waals surface area contributed by atoms with Crippen LogP contribution in [0.5, 0.6) is 0 Å². The lowest BCUT2D eigenvalue weighted by atomic mass is 9.66. The Morgan fingerprint density at radius 2 is 2.00 bits per heavy atom. The molecule has 1 saturated carbocycles. The number of nitrogens with two attached hydrogens (primary N) is 2. The molecule has 1 atom stereocenters. The van der Waals surface area contributed by atoms with Gasteiger partial charge in [0.1, 0.15) is 0 Å². The van der Waals surface area contributed by atoms with Crippen LogP contribution < -0.4 is 11.5 Å². The molecule has 1 aliphatic carbocycles. The van der Waals surface area contributed by atoms with Crippen molar-refractivity contribution in [2.75, 3.05) is 6.54 Å². The molecule has 3 heteroatoms. The zero-order valence-corrected chi connectivity index (χ0v) is 8.60. The SMILES string of the molecule is CC1(C)CCCC1(CN)CC(N)=O. The third-order valence-corrected chi connectivity index (χ3v) is 3.80. The number of carbonyl (C=O) groups is 1. The van der Waals surface area contributed by atoms with Crippen molar-refractivity contribution in [2.24, 2.45) is 22.3 Å². The topological polar surface area (TPSA) is 69.1 Å². The largest absolute Gasteiger partial charge is 0.370 e. The molecule has 1 amide bonds. The average molecular weight is 184 g/mol. The fourth-order valence-electron chi connectivity index (χ4n) is 2.58. The van der Waals surface area contributed by atoms with E-state index in [0.29, 0.717) is 13.0 Å². The zero-order valence-electron chi connectivity index (χ0n) is 8.60. The lowest BCUT2D eigenvalue weighted by Crippen LogP contribution is -2.42. The maximum absolute atomic E-state index is 11.0. The summed E-state index contributed by atoms with van der Waals surface area (Å²) in [5, 5.41) is 0. The van der Waals surface area contributed by atoms with Crippen molar-refractivity contribution in [1.29, 1.82) is 0 Å². The molecule has 76 valence electrons. The van der Waals surface area contributed by atoms with E-state index in [2.05, 4.69) is 13.8 Å². The maximum Gasteiger partial charge on any atom is 0.218 e. The van der Waals surface area contributed by atoms with Gasteiger partial charge in [-0.3, -0.25) is 4.79 Å². The minimum absolute atomic E-state index is 0.0428. The summed E-state index contributed by atoms with van der Waals surface area (Å²) >= 11 is 0. The zero-order chi connectivity index (χ0) is 10.1. The van der Waals surface area contributed by atoms with Crippen molar-refractivity contribution >= 4 is 5.91 Å². The van der Waals surface area contributed by atoms with Crippen molar-refractivity contribution < 1.29 is 4.79 Å². The van der Waals surface area contributed by atoms with Crippen molar-refractivity contribution in [2.45, 2.75) is 39.5 Å². The molecule has 0 radical (unpaired) electrons. The monoisotopic (exact) mass is 184 g/mol. The second-order valence-electron chi connectivity index (χ2n) is 4.86. The van der Waals surface area contributed by atoms with Crippen molar-refractivity contribution in [3.05, 3.63) is 0 Å². The fourth-order valence-corrected chi connectivity index (χ4v) is 2.58. The summed E-state index contributed by atoms with van der Waals surface area (Å²) in [5.74, 6) is -0.222. The standard InChI is InChI=1S/C10H20N2O/c1-9(2)4-3-5-10(9,7-11)6-8(12)13/h3-7,11H2,1-2H3,(H2,12,13). The fraction of sp³-hybridized carbons (Fsp3) is 0.900. The van der Waals surface area contributed by atoms with Crippen LogP contribution in [0.25, 0.3) is 0 Å². The van der Waals surface area contributed by atoms with Gasteiger partial charge < -0.3 is 11.5 Å². The van der Waals surface area contributed by atoms with E-state index in [4.69, 9.17) is 11.5 Å². The van der Waals surface area contributed by atoms with Crippen LogP contribution in [0.3, 0.4) is 0 Å². The van der Waals surface area contributed by atoms with Crippen LogP contribution in [0.4, 0.5) is 0 Å². The molecule has 3 nitrogen and oxygen atoms in total. The van der Waals surface area contributed by atoms with Crippen LogP contribution >= 0.6 is 0 Å². The van der Waals surface area contributed by atoms with E-state index in [1.165, 1.54) is 0 Å². The summed E-state index contributed by atoms with van der Waals surface area (Å²) < 4.78 is 0. The molecule has 0 aromatic rings. The smallest absolute Gasteiger partial charge is 0.218 e. The van der Waals surface area contributed by atoms with Crippen LogP contribution in [0, 0.1) is 10.8 Å². The average Bonchev–Trinajstić information content (AvgIpc) is 2.27. The van der Waals surface area contributed by atoms with Gasteiger partial charge in [0.05, 0.1) is 0 Å². The molecule has 1 aliphatic rings. The molecule has 0 aliphatic heterocycles. The van der Waals surface area contributed by atoms with Crippen LogP contribution in [0.1, 0.15) is 39.5 Å². The highest BCUT2D eigenvalue weighted by molar-refractivity contribution is 5.74. The van der Waals surface area contributed by atoms with Gasteiger partial charge >= 0.3 is 0 Å². The molecule has 0 bridgehead atoms. The number of hydrogen-bond donors (Lipinski definition) is 2. The normalized spacial score (nSPS) is 31.9. The molecule has 13 heavy (non-hydrogen) atoms. The molecule has 0 aromatic heterocycles. The number of carbonyl (C=O) groups excluding carboxylic acids is 1. The van der Waals surface area contributed by atoms with E-state index >= 15 is 0 Å². The predicted octanol–water partition coefficient (Wildman–Crippen LogP) is 1.02. The second kappa shape index (κ2) is 3.29. The summed E-state index contributed by atoms with van der Waals surface area (Å²) in [7, 11) is 0. The minimum atomic E-state index is -0.222. The molecule has 0 aromatic carbocycles. The van der Waals surface area contributed by atoms with E-state index in [0.717, 1.165) is 19.3 Å². The summed E-state index contributed by atoms with van der Waals surface area (Å²) in [4.78, 5) is 11.0. The molecule has 0 saturated heterocycles. The first-order valence-electron chi connectivity index (χ1n) is 4.92. The van der Waals surface area contributed by atoms with Gasteiger partial charge in [-0.15, -0.1) is 0 Å². The highest BCUT2D eigenvalue weighted by atomic mass is 16.1.